The molecule has 1 saturated heterocycles. The number of likely N-dealkylation sites (tertiary alicyclic amines) is 1. The molecule has 1 aliphatic heterocycles. The summed E-state index contributed by atoms with van der Waals surface area (Å²) in [5, 5.41) is 9.01. The Kier molecular flexibility index (Phi) is 4.78. The molecule has 120 valence electrons. The lowest BCUT2D eigenvalue weighted by molar-refractivity contribution is -0.187. The molecule has 1 heterocycles. The van der Waals surface area contributed by atoms with E-state index in [9.17, 15) is 22.8 Å². The SMILES string of the molecule is O=C(O)[C@@H]1CCCN(C(=O)C2CCCC(C(F)(F)F)C2)C1. The summed E-state index contributed by atoms with van der Waals surface area (Å²) in [7, 11) is 0. The van der Waals surface area contributed by atoms with Crippen molar-refractivity contribution < 1.29 is 27.9 Å². The first-order valence-electron chi connectivity index (χ1n) is 7.37. The number of nitrogens with zero attached hydrogens (tertiary/aromatic N) is 1. The van der Waals surface area contributed by atoms with Gasteiger partial charge in [0.15, 0.2) is 0 Å². The quantitative estimate of drug-likeness (QED) is 0.853. The molecule has 3 atom stereocenters. The van der Waals surface area contributed by atoms with Crippen molar-refractivity contribution in [1.29, 1.82) is 0 Å². The van der Waals surface area contributed by atoms with Crippen molar-refractivity contribution in [1.82, 2.24) is 4.90 Å². The van der Waals surface area contributed by atoms with Crippen LogP contribution in [0, 0.1) is 17.8 Å². The van der Waals surface area contributed by atoms with Gasteiger partial charge < -0.3 is 10.0 Å². The zero-order valence-electron chi connectivity index (χ0n) is 11.7. The predicted octanol–water partition coefficient (Wildman–Crippen LogP) is 2.68. The summed E-state index contributed by atoms with van der Waals surface area (Å²) in [6.07, 6.45) is -2.32. The predicted molar refractivity (Wildman–Crippen MR) is 68.4 cm³/mol. The standard InChI is InChI=1S/C14H20F3NO3/c15-14(16,17)11-5-1-3-9(7-11)12(19)18-6-2-4-10(8-18)13(20)21/h9-11H,1-8H2,(H,20,21)/t9?,10-,11?/m1/s1. The Morgan fingerprint density at radius 1 is 1.05 bits per heavy atom. The van der Waals surface area contributed by atoms with E-state index in [0.29, 0.717) is 32.2 Å². The van der Waals surface area contributed by atoms with Crippen molar-refractivity contribution in [2.24, 2.45) is 17.8 Å². The fraction of sp³-hybridized carbons (Fsp3) is 0.857. The molecule has 0 radical (unpaired) electrons. The van der Waals surface area contributed by atoms with Crippen molar-refractivity contribution in [2.75, 3.05) is 13.1 Å². The Balaban J connectivity index is 1.97. The Morgan fingerprint density at radius 2 is 1.71 bits per heavy atom. The van der Waals surface area contributed by atoms with Crippen LogP contribution in [-0.4, -0.2) is 41.1 Å². The molecule has 4 nitrogen and oxygen atoms in total. The van der Waals surface area contributed by atoms with Gasteiger partial charge in [-0.15, -0.1) is 0 Å². The molecule has 2 fully saturated rings. The molecular weight excluding hydrogens is 287 g/mol. The fourth-order valence-electron chi connectivity index (χ4n) is 3.35. The zero-order valence-corrected chi connectivity index (χ0v) is 11.7. The van der Waals surface area contributed by atoms with Crippen molar-refractivity contribution in [3.63, 3.8) is 0 Å². The first-order valence-corrected chi connectivity index (χ1v) is 7.37. The number of carbonyl (C=O) groups is 2. The second-order valence-electron chi connectivity index (χ2n) is 6.06. The summed E-state index contributed by atoms with van der Waals surface area (Å²) >= 11 is 0. The van der Waals surface area contributed by atoms with Crippen LogP contribution in [0.4, 0.5) is 13.2 Å². The maximum Gasteiger partial charge on any atom is 0.391 e. The van der Waals surface area contributed by atoms with E-state index in [1.54, 1.807) is 0 Å². The lowest BCUT2D eigenvalue weighted by Crippen LogP contribution is -2.46. The number of piperidine rings is 1. The average molecular weight is 307 g/mol. The van der Waals surface area contributed by atoms with Gasteiger partial charge in [0.25, 0.3) is 0 Å². The Bertz CT molecular complexity index is 411. The minimum Gasteiger partial charge on any atom is -0.481 e. The molecule has 0 aromatic rings. The molecule has 21 heavy (non-hydrogen) atoms. The van der Waals surface area contributed by atoms with Crippen LogP contribution in [-0.2, 0) is 9.59 Å². The number of carbonyl (C=O) groups excluding carboxylic acids is 1. The topological polar surface area (TPSA) is 57.6 Å². The highest BCUT2D eigenvalue weighted by Gasteiger charge is 2.44. The largest absolute Gasteiger partial charge is 0.481 e. The monoisotopic (exact) mass is 307 g/mol. The highest BCUT2D eigenvalue weighted by Crippen LogP contribution is 2.40. The van der Waals surface area contributed by atoms with E-state index >= 15 is 0 Å². The van der Waals surface area contributed by atoms with Crippen LogP contribution >= 0.6 is 0 Å². The van der Waals surface area contributed by atoms with Crippen LogP contribution in [0.5, 0.6) is 0 Å². The molecule has 2 unspecified atom stereocenters. The minimum atomic E-state index is -4.25. The Morgan fingerprint density at radius 3 is 2.33 bits per heavy atom. The molecule has 0 bridgehead atoms. The Labute approximate surface area is 121 Å². The third kappa shape index (κ3) is 3.89. The van der Waals surface area contributed by atoms with Gasteiger partial charge in [-0.3, -0.25) is 9.59 Å². The van der Waals surface area contributed by atoms with Crippen molar-refractivity contribution in [2.45, 2.75) is 44.7 Å². The molecule has 1 N–H and O–H groups in total. The summed E-state index contributed by atoms with van der Waals surface area (Å²) in [5.41, 5.74) is 0. The normalized spacial score (nSPS) is 31.0. The lowest BCUT2D eigenvalue weighted by atomic mass is 9.80. The molecule has 0 aromatic heterocycles. The molecular formula is C14H20F3NO3. The molecule has 0 aromatic carbocycles. The Hall–Kier alpha value is -1.27. The van der Waals surface area contributed by atoms with E-state index < -0.39 is 29.9 Å². The third-order valence-corrected chi connectivity index (χ3v) is 4.57. The number of amides is 1. The van der Waals surface area contributed by atoms with Crippen LogP contribution in [0.25, 0.3) is 0 Å². The summed E-state index contributed by atoms with van der Waals surface area (Å²) in [6.45, 7) is 0.581. The summed E-state index contributed by atoms with van der Waals surface area (Å²) < 4.78 is 38.4. The van der Waals surface area contributed by atoms with Gasteiger partial charge in [-0.05, 0) is 32.1 Å². The van der Waals surface area contributed by atoms with Gasteiger partial charge in [-0.2, -0.15) is 13.2 Å². The number of rotatable bonds is 2. The molecule has 2 rings (SSSR count). The maximum atomic E-state index is 12.8. The third-order valence-electron chi connectivity index (χ3n) is 4.57. The number of carboxylic acids is 1. The summed E-state index contributed by atoms with van der Waals surface area (Å²) in [4.78, 5) is 24.8. The van der Waals surface area contributed by atoms with Gasteiger partial charge in [0.2, 0.25) is 5.91 Å². The van der Waals surface area contributed by atoms with Gasteiger partial charge in [-0.25, -0.2) is 0 Å². The van der Waals surface area contributed by atoms with E-state index in [1.165, 1.54) is 4.90 Å². The summed E-state index contributed by atoms with van der Waals surface area (Å²) in [5.74, 6) is -3.85. The number of halogens is 3. The van der Waals surface area contributed by atoms with Gasteiger partial charge in [-0.1, -0.05) is 6.42 Å². The molecule has 0 spiro atoms. The van der Waals surface area contributed by atoms with Gasteiger partial charge in [0, 0.05) is 19.0 Å². The van der Waals surface area contributed by atoms with E-state index in [-0.39, 0.29) is 25.3 Å². The van der Waals surface area contributed by atoms with E-state index in [1.807, 2.05) is 0 Å². The first kappa shape index (κ1) is 16.1. The number of hydrogen-bond acceptors (Lipinski definition) is 2. The van der Waals surface area contributed by atoms with Gasteiger partial charge in [0.05, 0.1) is 11.8 Å². The number of alkyl halides is 3. The number of carboxylic acid groups (broad SMARTS) is 1. The van der Waals surface area contributed by atoms with Crippen LogP contribution in [0.1, 0.15) is 38.5 Å². The second kappa shape index (κ2) is 6.23. The lowest BCUT2D eigenvalue weighted by Gasteiger charge is -2.36. The highest BCUT2D eigenvalue weighted by atomic mass is 19.4. The molecule has 1 saturated carbocycles. The van der Waals surface area contributed by atoms with Crippen LogP contribution in [0.15, 0.2) is 0 Å². The number of hydrogen-bond donors (Lipinski definition) is 1. The molecule has 7 heteroatoms. The smallest absolute Gasteiger partial charge is 0.391 e. The minimum absolute atomic E-state index is 0.0883. The van der Waals surface area contributed by atoms with E-state index in [0.717, 1.165) is 0 Å². The number of aliphatic carboxylic acids is 1. The van der Waals surface area contributed by atoms with Crippen LogP contribution in [0.2, 0.25) is 0 Å². The van der Waals surface area contributed by atoms with Crippen molar-refractivity contribution in [3.05, 3.63) is 0 Å². The average Bonchev–Trinajstić information content (AvgIpc) is 2.46. The molecule has 2 aliphatic rings. The van der Waals surface area contributed by atoms with Crippen LogP contribution < -0.4 is 0 Å². The van der Waals surface area contributed by atoms with Gasteiger partial charge >= 0.3 is 12.1 Å². The van der Waals surface area contributed by atoms with E-state index in [2.05, 4.69) is 0 Å². The van der Waals surface area contributed by atoms with Crippen LogP contribution in [0.3, 0.4) is 0 Å². The molecule has 1 aliphatic carbocycles. The zero-order chi connectivity index (χ0) is 15.6. The summed E-state index contributed by atoms with van der Waals surface area (Å²) in [6, 6.07) is 0. The van der Waals surface area contributed by atoms with Crippen molar-refractivity contribution in [3.8, 4) is 0 Å². The molecule has 1 amide bonds. The maximum absolute atomic E-state index is 12.8. The van der Waals surface area contributed by atoms with Gasteiger partial charge in [0.1, 0.15) is 0 Å². The first-order chi connectivity index (χ1) is 9.79. The second-order valence-corrected chi connectivity index (χ2v) is 6.06. The van der Waals surface area contributed by atoms with E-state index in [4.69, 9.17) is 5.11 Å². The fourth-order valence-corrected chi connectivity index (χ4v) is 3.35. The highest BCUT2D eigenvalue weighted by molar-refractivity contribution is 5.80. The van der Waals surface area contributed by atoms with Crippen molar-refractivity contribution >= 4 is 11.9 Å².